The second-order valence-electron chi connectivity index (χ2n) is 3.52. The van der Waals surface area contributed by atoms with Gasteiger partial charge in [-0.2, -0.15) is 4.98 Å². The van der Waals surface area contributed by atoms with Crippen LogP contribution in [0.5, 0.6) is 0 Å². The van der Waals surface area contributed by atoms with Crippen LogP contribution in [0.15, 0.2) is 23.1 Å². The molecule has 0 saturated heterocycles. The van der Waals surface area contributed by atoms with E-state index in [1.54, 1.807) is 26.1 Å². The van der Waals surface area contributed by atoms with Crippen LogP contribution in [0.25, 0.3) is 11.5 Å². The molecule has 0 amide bonds. The number of hydrogen-bond acceptors (Lipinski definition) is 7. The van der Waals surface area contributed by atoms with Gasteiger partial charge in [0.2, 0.25) is 11.7 Å². The molecule has 0 aromatic carbocycles. The topological polar surface area (TPSA) is 91.0 Å². The molecular formula is C11H12N4O3. The predicted octanol–water partition coefficient (Wildman–Crippen LogP) is 1.19. The first-order chi connectivity index (χ1) is 8.72. The summed E-state index contributed by atoms with van der Waals surface area (Å²) in [6, 6.07) is 1.66. The summed E-state index contributed by atoms with van der Waals surface area (Å²) < 4.78 is 9.91. The van der Waals surface area contributed by atoms with Crippen molar-refractivity contribution < 1.29 is 14.1 Å². The minimum absolute atomic E-state index is 0.210. The van der Waals surface area contributed by atoms with Crippen LogP contribution in [0.2, 0.25) is 0 Å². The van der Waals surface area contributed by atoms with Crippen molar-refractivity contribution in [3.8, 4) is 11.5 Å². The van der Waals surface area contributed by atoms with Crippen LogP contribution in [0.3, 0.4) is 0 Å². The summed E-state index contributed by atoms with van der Waals surface area (Å²) in [6.45, 7) is 3.70. The van der Waals surface area contributed by atoms with Gasteiger partial charge in [-0.15, -0.1) is 0 Å². The highest BCUT2D eigenvalue weighted by Crippen LogP contribution is 2.18. The Morgan fingerprint density at radius 2 is 2.39 bits per heavy atom. The van der Waals surface area contributed by atoms with Crippen molar-refractivity contribution in [2.75, 3.05) is 6.61 Å². The van der Waals surface area contributed by atoms with E-state index >= 15 is 0 Å². The SMILES string of the molecule is CCOC(=O)C(C)c1nc(-c2ccncn2)no1. The van der Waals surface area contributed by atoms with Gasteiger partial charge in [0.15, 0.2) is 0 Å². The van der Waals surface area contributed by atoms with Crippen molar-refractivity contribution in [2.45, 2.75) is 19.8 Å². The van der Waals surface area contributed by atoms with Crippen molar-refractivity contribution >= 4 is 5.97 Å². The molecule has 2 rings (SSSR count). The van der Waals surface area contributed by atoms with Gasteiger partial charge in [-0.1, -0.05) is 5.16 Å². The largest absolute Gasteiger partial charge is 0.465 e. The standard InChI is InChI=1S/C11H12N4O3/c1-3-17-11(16)7(2)10-14-9(15-18-10)8-4-5-12-6-13-8/h4-7H,3H2,1-2H3. The van der Waals surface area contributed by atoms with Crippen LogP contribution < -0.4 is 0 Å². The van der Waals surface area contributed by atoms with Crippen LogP contribution in [-0.4, -0.2) is 32.7 Å². The first-order valence-electron chi connectivity index (χ1n) is 5.49. The van der Waals surface area contributed by atoms with Crippen molar-refractivity contribution in [3.63, 3.8) is 0 Å². The Balaban J connectivity index is 2.18. The molecule has 2 heterocycles. The maximum absolute atomic E-state index is 11.5. The van der Waals surface area contributed by atoms with E-state index in [2.05, 4.69) is 20.1 Å². The Bertz CT molecular complexity index is 526. The molecule has 0 aliphatic rings. The molecule has 0 radical (unpaired) electrons. The van der Waals surface area contributed by atoms with Gasteiger partial charge in [0, 0.05) is 6.20 Å². The lowest BCUT2D eigenvalue weighted by atomic mass is 10.2. The Morgan fingerprint density at radius 3 is 3.06 bits per heavy atom. The van der Waals surface area contributed by atoms with Crippen molar-refractivity contribution in [2.24, 2.45) is 0 Å². The molecule has 0 saturated carbocycles. The molecular weight excluding hydrogens is 236 g/mol. The first-order valence-corrected chi connectivity index (χ1v) is 5.49. The number of carbonyl (C=O) groups is 1. The summed E-state index contributed by atoms with van der Waals surface area (Å²) in [5.74, 6) is -0.450. The van der Waals surface area contributed by atoms with E-state index < -0.39 is 11.9 Å². The minimum atomic E-state index is -0.590. The van der Waals surface area contributed by atoms with Gasteiger partial charge in [0.05, 0.1) is 6.61 Å². The van der Waals surface area contributed by atoms with Crippen LogP contribution in [-0.2, 0) is 9.53 Å². The van der Waals surface area contributed by atoms with E-state index in [0.717, 1.165) is 0 Å². The molecule has 0 N–H and O–H groups in total. The van der Waals surface area contributed by atoms with Crippen LogP contribution in [0.1, 0.15) is 25.7 Å². The Labute approximate surface area is 103 Å². The normalized spacial score (nSPS) is 12.1. The second-order valence-corrected chi connectivity index (χ2v) is 3.52. The summed E-state index contributed by atoms with van der Waals surface area (Å²) in [6.07, 6.45) is 2.97. The molecule has 2 aromatic rings. The zero-order valence-corrected chi connectivity index (χ0v) is 10.0. The third-order valence-corrected chi connectivity index (χ3v) is 2.26. The Hall–Kier alpha value is -2.31. The van der Waals surface area contributed by atoms with Gasteiger partial charge < -0.3 is 9.26 Å². The van der Waals surface area contributed by atoms with E-state index in [1.165, 1.54) is 6.33 Å². The maximum Gasteiger partial charge on any atom is 0.318 e. The monoisotopic (exact) mass is 248 g/mol. The fourth-order valence-electron chi connectivity index (χ4n) is 1.31. The smallest absolute Gasteiger partial charge is 0.318 e. The average Bonchev–Trinajstić information content (AvgIpc) is 2.89. The highest BCUT2D eigenvalue weighted by atomic mass is 16.5. The molecule has 2 aromatic heterocycles. The lowest BCUT2D eigenvalue weighted by Crippen LogP contribution is -2.13. The van der Waals surface area contributed by atoms with Gasteiger partial charge in [0.1, 0.15) is 17.9 Å². The van der Waals surface area contributed by atoms with Crippen LogP contribution in [0.4, 0.5) is 0 Å². The molecule has 0 fully saturated rings. The molecule has 1 atom stereocenters. The van der Waals surface area contributed by atoms with Crippen molar-refractivity contribution in [3.05, 3.63) is 24.5 Å². The quantitative estimate of drug-likeness (QED) is 0.750. The highest BCUT2D eigenvalue weighted by Gasteiger charge is 2.23. The molecule has 0 aliphatic carbocycles. The lowest BCUT2D eigenvalue weighted by Gasteiger charge is -2.04. The van der Waals surface area contributed by atoms with E-state index in [-0.39, 0.29) is 5.89 Å². The van der Waals surface area contributed by atoms with Crippen molar-refractivity contribution in [1.29, 1.82) is 0 Å². The molecule has 1 unspecified atom stereocenters. The summed E-state index contributed by atoms with van der Waals surface area (Å²) >= 11 is 0. The summed E-state index contributed by atoms with van der Waals surface area (Å²) in [4.78, 5) is 23.4. The average molecular weight is 248 g/mol. The molecule has 7 nitrogen and oxygen atoms in total. The fourth-order valence-corrected chi connectivity index (χ4v) is 1.31. The molecule has 0 spiro atoms. The predicted molar refractivity (Wildman–Crippen MR) is 60.4 cm³/mol. The lowest BCUT2D eigenvalue weighted by molar-refractivity contribution is -0.145. The highest BCUT2D eigenvalue weighted by molar-refractivity contribution is 5.76. The molecule has 7 heteroatoms. The van der Waals surface area contributed by atoms with Gasteiger partial charge in [-0.25, -0.2) is 9.97 Å². The second kappa shape index (κ2) is 5.35. The zero-order chi connectivity index (χ0) is 13.0. The number of carbonyl (C=O) groups excluding carboxylic acids is 1. The minimum Gasteiger partial charge on any atom is -0.465 e. The number of esters is 1. The van der Waals surface area contributed by atoms with Gasteiger partial charge >= 0.3 is 5.97 Å². The van der Waals surface area contributed by atoms with E-state index in [0.29, 0.717) is 18.1 Å². The van der Waals surface area contributed by atoms with E-state index in [4.69, 9.17) is 9.26 Å². The van der Waals surface area contributed by atoms with Gasteiger partial charge in [-0.3, -0.25) is 4.79 Å². The summed E-state index contributed by atoms with van der Waals surface area (Å²) in [5, 5.41) is 3.77. The van der Waals surface area contributed by atoms with E-state index in [9.17, 15) is 4.79 Å². The maximum atomic E-state index is 11.5. The molecule has 0 bridgehead atoms. The first kappa shape index (κ1) is 12.2. The van der Waals surface area contributed by atoms with Crippen LogP contribution >= 0.6 is 0 Å². The van der Waals surface area contributed by atoms with Crippen molar-refractivity contribution in [1.82, 2.24) is 20.1 Å². The molecule has 94 valence electrons. The third kappa shape index (κ3) is 2.50. The number of nitrogens with zero attached hydrogens (tertiary/aromatic N) is 4. The third-order valence-electron chi connectivity index (χ3n) is 2.26. The van der Waals surface area contributed by atoms with Gasteiger partial charge in [0.25, 0.3) is 0 Å². The zero-order valence-electron chi connectivity index (χ0n) is 10.0. The number of hydrogen-bond donors (Lipinski definition) is 0. The number of rotatable bonds is 4. The van der Waals surface area contributed by atoms with Gasteiger partial charge in [-0.05, 0) is 19.9 Å². The summed E-state index contributed by atoms with van der Waals surface area (Å²) in [5.41, 5.74) is 0.538. The summed E-state index contributed by atoms with van der Waals surface area (Å²) in [7, 11) is 0. The molecule has 0 aliphatic heterocycles. The number of ether oxygens (including phenoxy) is 1. The van der Waals surface area contributed by atoms with Crippen LogP contribution in [0, 0.1) is 0 Å². The fraction of sp³-hybridized carbons (Fsp3) is 0.364. The Morgan fingerprint density at radius 1 is 1.56 bits per heavy atom. The molecule has 18 heavy (non-hydrogen) atoms. The Kier molecular flexibility index (Phi) is 3.61. The number of aromatic nitrogens is 4. The van der Waals surface area contributed by atoms with E-state index in [1.807, 2.05) is 0 Å².